The molecular weight excluding hydrogens is 392 g/mol. The predicted octanol–water partition coefficient (Wildman–Crippen LogP) is 0.745. The Morgan fingerprint density at radius 1 is 1.29 bits per heavy atom. The zero-order valence-electron chi connectivity index (χ0n) is 17.5. The summed E-state index contributed by atoms with van der Waals surface area (Å²) in [4.78, 5) is 31.8. The Balaban J connectivity index is 1.24. The Kier molecular flexibility index (Phi) is 4.73. The molecule has 1 aromatic carbocycles. The Morgan fingerprint density at radius 3 is 2.81 bits per heavy atom. The van der Waals surface area contributed by atoms with E-state index in [0.29, 0.717) is 24.6 Å². The molecule has 0 spiro atoms. The highest BCUT2D eigenvalue weighted by molar-refractivity contribution is 5.87. The van der Waals surface area contributed by atoms with Gasteiger partial charge in [-0.15, -0.1) is 0 Å². The van der Waals surface area contributed by atoms with Gasteiger partial charge in [-0.05, 0) is 49.8 Å². The van der Waals surface area contributed by atoms with Gasteiger partial charge in [0.1, 0.15) is 6.04 Å². The molecule has 1 aromatic rings. The Morgan fingerprint density at radius 2 is 2.10 bits per heavy atom. The van der Waals surface area contributed by atoms with Crippen molar-refractivity contribution in [1.82, 2.24) is 14.7 Å². The highest BCUT2D eigenvalue weighted by Gasteiger charge is 2.56. The molecule has 3 heterocycles. The molecule has 4 aliphatic rings. The summed E-state index contributed by atoms with van der Waals surface area (Å²) >= 11 is 0. The first-order valence-electron chi connectivity index (χ1n) is 11.0. The third-order valence-corrected chi connectivity index (χ3v) is 7.49. The number of benzene rings is 1. The van der Waals surface area contributed by atoms with Crippen LogP contribution in [0.25, 0.3) is 0 Å². The van der Waals surface area contributed by atoms with Gasteiger partial charge in [-0.25, -0.2) is 0 Å². The van der Waals surface area contributed by atoms with Crippen LogP contribution in [-0.4, -0.2) is 69.8 Å². The van der Waals surface area contributed by atoms with Crippen LogP contribution in [0, 0.1) is 28.6 Å². The molecular formula is C23H26N6O2. The predicted molar refractivity (Wildman–Crippen MR) is 111 cm³/mol. The van der Waals surface area contributed by atoms with Gasteiger partial charge in [-0.3, -0.25) is 14.5 Å². The third kappa shape index (κ3) is 3.18. The quantitative estimate of drug-likeness (QED) is 0.754. The van der Waals surface area contributed by atoms with E-state index in [4.69, 9.17) is 11.0 Å². The van der Waals surface area contributed by atoms with Gasteiger partial charge in [-0.2, -0.15) is 10.5 Å². The minimum atomic E-state index is -0.722. The normalized spacial score (nSPS) is 33.0. The van der Waals surface area contributed by atoms with Gasteiger partial charge in [0.2, 0.25) is 11.8 Å². The molecule has 1 unspecified atom stereocenters. The molecule has 3 saturated heterocycles. The molecule has 8 heteroatoms. The van der Waals surface area contributed by atoms with Gasteiger partial charge < -0.3 is 15.5 Å². The number of fused-ring (bicyclic) bond motifs is 3. The molecule has 160 valence electrons. The van der Waals surface area contributed by atoms with E-state index in [2.05, 4.69) is 12.1 Å². The molecule has 2 bridgehead atoms. The van der Waals surface area contributed by atoms with Crippen molar-refractivity contribution in [2.24, 2.45) is 11.7 Å². The van der Waals surface area contributed by atoms with E-state index in [9.17, 15) is 14.9 Å². The van der Waals surface area contributed by atoms with Crippen LogP contribution in [-0.2, 0) is 9.59 Å². The highest BCUT2D eigenvalue weighted by Crippen LogP contribution is 2.48. The van der Waals surface area contributed by atoms with Gasteiger partial charge in [0.05, 0.1) is 35.8 Å². The third-order valence-electron chi connectivity index (χ3n) is 7.49. The summed E-state index contributed by atoms with van der Waals surface area (Å²) in [7, 11) is 0. The van der Waals surface area contributed by atoms with E-state index in [1.54, 1.807) is 11.0 Å². The van der Waals surface area contributed by atoms with Gasteiger partial charge in [0.15, 0.2) is 0 Å². The summed E-state index contributed by atoms with van der Waals surface area (Å²) < 4.78 is 0. The summed E-state index contributed by atoms with van der Waals surface area (Å²) in [5.41, 5.74) is 7.81. The van der Waals surface area contributed by atoms with Crippen LogP contribution in [0.3, 0.4) is 0 Å². The fourth-order valence-corrected chi connectivity index (χ4v) is 5.84. The number of rotatable bonds is 5. The van der Waals surface area contributed by atoms with Crippen molar-refractivity contribution in [3.05, 3.63) is 35.4 Å². The van der Waals surface area contributed by atoms with E-state index < -0.39 is 6.04 Å². The Hall–Kier alpha value is -2.94. The lowest BCUT2D eigenvalue weighted by Gasteiger charge is -2.38. The topological polar surface area (TPSA) is 117 Å². The molecule has 1 saturated carbocycles. The zero-order valence-corrected chi connectivity index (χ0v) is 17.5. The number of carbonyl (C=O) groups excluding carboxylic acids is 2. The second-order valence-electron chi connectivity index (χ2n) is 9.31. The van der Waals surface area contributed by atoms with E-state index in [0.717, 1.165) is 24.8 Å². The molecule has 31 heavy (non-hydrogen) atoms. The van der Waals surface area contributed by atoms with Crippen LogP contribution in [0.15, 0.2) is 24.3 Å². The molecule has 0 radical (unpaired) electrons. The largest absolute Gasteiger partial charge is 0.330 e. The number of hydrogen-bond donors (Lipinski definition) is 1. The number of piperazine rings is 1. The van der Waals surface area contributed by atoms with E-state index >= 15 is 0 Å². The summed E-state index contributed by atoms with van der Waals surface area (Å²) in [6.07, 6.45) is 2.47. The van der Waals surface area contributed by atoms with Crippen molar-refractivity contribution in [3.8, 4) is 12.1 Å². The van der Waals surface area contributed by atoms with Crippen LogP contribution in [0.4, 0.5) is 0 Å². The van der Waals surface area contributed by atoms with Crippen molar-refractivity contribution in [3.63, 3.8) is 0 Å². The smallest absolute Gasteiger partial charge is 0.242 e. The van der Waals surface area contributed by atoms with Crippen LogP contribution in [0.2, 0.25) is 0 Å². The minimum Gasteiger partial charge on any atom is -0.330 e. The SMILES string of the molecule is C[C@@H](c1cccc(C#N)c1)N1C(=O)[C@H]2CC1CN2C[C@H](N)C(=O)N1[C@H](C#N)C[C@@H]2C[C@@H]21. The maximum Gasteiger partial charge on any atom is 0.242 e. The summed E-state index contributed by atoms with van der Waals surface area (Å²) in [5, 5.41) is 18.5. The number of likely N-dealkylation sites (tertiary alicyclic amines) is 3. The van der Waals surface area contributed by atoms with Crippen molar-refractivity contribution in [2.75, 3.05) is 13.1 Å². The van der Waals surface area contributed by atoms with Gasteiger partial charge in [0.25, 0.3) is 0 Å². The standard InChI is InChI=1S/C23H26N6O2/c1-13(15-4-2-3-14(5-15)9-24)28-18-8-21(23(28)31)27(11-18)12-19(26)22(30)29-17(10-25)6-16-7-20(16)29/h2-5,13,16-21H,6-8,11-12,26H2,1H3/t13-,16+,17-,18?,19-,20-,21+/m0/s1. The van der Waals surface area contributed by atoms with Gasteiger partial charge in [0, 0.05) is 25.2 Å². The van der Waals surface area contributed by atoms with E-state index in [1.165, 1.54) is 0 Å². The zero-order chi connectivity index (χ0) is 21.9. The second-order valence-corrected chi connectivity index (χ2v) is 9.31. The first-order chi connectivity index (χ1) is 14.9. The molecule has 0 aromatic heterocycles. The summed E-state index contributed by atoms with van der Waals surface area (Å²) in [6.45, 7) is 3.02. The number of amides is 2. The minimum absolute atomic E-state index is 0.0593. The monoisotopic (exact) mass is 418 g/mol. The number of carbonyl (C=O) groups is 2. The molecule has 2 amide bonds. The lowest BCUT2D eigenvalue weighted by atomic mass is 10.0. The molecule has 8 nitrogen and oxygen atoms in total. The number of piperidine rings is 1. The fraction of sp³-hybridized carbons (Fsp3) is 0.565. The molecule has 1 aliphatic carbocycles. The lowest BCUT2D eigenvalue weighted by molar-refractivity contribution is -0.141. The van der Waals surface area contributed by atoms with Crippen molar-refractivity contribution < 1.29 is 9.59 Å². The highest BCUT2D eigenvalue weighted by atomic mass is 16.2. The second kappa shape index (κ2) is 7.33. The number of nitrogens with zero attached hydrogens (tertiary/aromatic N) is 5. The maximum atomic E-state index is 13.2. The lowest BCUT2D eigenvalue weighted by Crippen LogP contribution is -2.57. The van der Waals surface area contributed by atoms with Crippen molar-refractivity contribution >= 4 is 11.8 Å². The van der Waals surface area contributed by atoms with E-state index in [1.807, 2.05) is 34.9 Å². The molecule has 2 N–H and O–H groups in total. The maximum absolute atomic E-state index is 13.2. The molecule has 3 aliphatic heterocycles. The summed E-state index contributed by atoms with van der Waals surface area (Å²) in [5.74, 6) is 0.356. The number of nitriles is 2. The van der Waals surface area contributed by atoms with Crippen LogP contribution >= 0.6 is 0 Å². The Labute approximate surface area is 181 Å². The van der Waals surface area contributed by atoms with Crippen LogP contribution in [0.5, 0.6) is 0 Å². The average molecular weight is 419 g/mol. The van der Waals surface area contributed by atoms with Crippen LogP contribution < -0.4 is 5.73 Å². The molecule has 4 fully saturated rings. The summed E-state index contributed by atoms with van der Waals surface area (Å²) in [6, 6.07) is 10.6. The van der Waals surface area contributed by atoms with E-state index in [-0.39, 0.29) is 42.0 Å². The molecule has 7 atom stereocenters. The van der Waals surface area contributed by atoms with Crippen molar-refractivity contribution in [1.29, 1.82) is 10.5 Å². The first kappa shape index (κ1) is 20.0. The number of hydrogen-bond acceptors (Lipinski definition) is 6. The Bertz CT molecular complexity index is 1010. The van der Waals surface area contributed by atoms with Crippen LogP contribution in [0.1, 0.15) is 43.4 Å². The average Bonchev–Trinajstić information content (AvgIpc) is 3.11. The molecule has 5 rings (SSSR count). The fourth-order valence-electron chi connectivity index (χ4n) is 5.84. The first-order valence-corrected chi connectivity index (χ1v) is 11.0. The number of nitrogens with two attached hydrogens (primary N) is 1. The van der Waals surface area contributed by atoms with Gasteiger partial charge in [-0.1, -0.05) is 12.1 Å². The van der Waals surface area contributed by atoms with Gasteiger partial charge >= 0.3 is 0 Å². The van der Waals surface area contributed by atoms with Crippen molar-refractivity contribution in [2.45, 2.75) is 62.4 Å².